The molecule has 3 N–H and O–H groups in total. The Hall–Kier alpha value is -0.170. The molecule has 0 aliphatic heterocycles. The van der Waals surface area contributed by atoms with E-state index in [4.69, 9.17) is 14.8 Å². The number of hydrogen-bond donors (Lipinski definition) is 3. The summed E-state index contributed by atoms with van der Waals surface area (Å²) in [7, 11) is -4.28. The minimum Gasteiger partial charge on any atom is -0.396 e. The minimum atomic E-state index is -4.28. The van der Waals surface area contributed by atoms with E-state index in [1.165, 1.54) is 0 Å². The average Bonchev–Trinajstić information content (AvgIpc) is 1.99. The quantitative estimate of drug-likeness (QED) is 0.520. The van der Waals surface area contributed by atoms with Crippen molar-refractivity contribution in [2.24, 2.45) is 0 Å². The molecule has 5 nitrogen and oxygen atoms in total. The first-order valence-corrected chi connectivity index (χ1v) is 5.35. The maximum absolute atomic E-state index is 10.8. The monoisotopic (exact) mass is 211 g/mol. The van der Waals surface area contributed by atoms with Crippen molar-refractivity contribution in [3.63, 3.8) is 0 Å². The maximum Gasteiger partial charge on any atom is 0.270 e. The largest absolute Gasteiger partial charge is 0.396 e. The molecule has 0 heterocycles. The lowest BCUT2D eigenvalue weighted by Gasteiger charge is -2.24. The van der Waals surface area contributed by atoms with E-state index in [2.05, 4.69) is 6.92 Å². The Balaban J connectivity index is 4.53. The van der Waals surface area contributed by atoms with Gasteiger partial charge in [-0.2, -0.15) is 8.42 Å². The van der Waals surface area contributed by atoms with Crippen LogP contribution in [0.1, 0.15) is 19.3 Å². The number of aliphatic hydroxyl groups is 2. The summed E-state index contributed by atoms with van der Waals surface area (Å²) in [6.45, 7) is 2.82. The Bertz CT molecular complexity index is 235. The second-order valence-corrected chi connectivity index (χ2v) is 4.78. The molecule has 0 bridgehead atoms. The van der Waals surface area contributed by atoms with Crippen LogP contribution in [0.3, 0.4) is 0 Å². The summed E-state index contributed by atoms with van der Waals surface area (Å²) in [5.41, 5.74) is 0. The fourth-order valence-electron chi connectivity index (χ4n) is 0.988. The van der Waals surface area contributed by atoms with E-state index in [0.29, 0.717) is 0 Å². The van der Waals surface area contributed by atoms with Crippen LogP contribution in [-0.4, -0.2) is 41.1 Å². The molecule has 0 rings (SSSR count). The average molecular weight is 211 g/mol. The molecule has 13 heavy (non-hydrogen) atoms. The van der Waals surface area contributed by atoms with Gasteiger partial charge in [-0.1, -0.05) is 0 Å². The maximum atomic E-state index is 10.8. The van der Waals surface area contributed by atoms with Gasteiger partial charge in [0.2, 0.25) is 0 Å². The van der Waals surface area contributed by atoms with Crippen LogP contribution in [0.5, 0.6) is 0 Å². The Kier molecular flexibility index (Phi) is 4.83. The van der Waals surface area contributed by atoms with E-state index in [9.17, 15) is 8.42 Å². The van der Waals surface area contributed by atoms with Crippen molar-refractivity contribution in [2.75, 3.05) is 13.2 Å². The van der Waals surface area contributed by atoms with Crippen molar-refractivity contribution in [3.8, 4) is 0 Å². The van der Waals surface area contributed by atoms with Gasteiger partial charge >= 0.3 is 0 Å². The molecular formula is C7H15O5S. The predicted octanol–water partition coefficient (Wildman–Crippen LogP) is -0.398. The van der Waals surface area contributed by atoms with Crippen LogP contribution in [0, 0.1) is 6.92 Å². The van der Waals surface area contributed by atoms with Crippen molar-refractivity contribution >= 4 is 10.1 Å². The lowest BCUT2D eigenvalue weighted by atomic mass is 10.0. The van der Waals surface area contributed by atoms with Gasteiger partial charge in [0.1, 0.15) is 0 Å². The van der Waals surface area contributed by atoms with E-state index in [1.54, 1.807) is 0 Å². The first kappa shape index (κ1) is 12.8. The van der Waals surface area contributed by atoms with E-state index >= 15 is 0 Å². The molecule has 0 amide bonds. The molecule has 0 saturated carbocycles. The topological polar surface area (TPSA) is 94.8 Å². The third kappa shape index (κ3) is 3.60. The molecular weight excluding hydrogens is 196 g/mol. The molecule has 0 aromatic rings. The molecule has 0 aromatic heterocycles. The third-order valence-electron chi connectivity index (χ3n) is 1.91. The summed E-state index contributed by atoms with van der Waals surface area (Å²) in [4.78, 5) is 0. The predicted molar refractivity (Wildman–Crippen MR) is 47.7 cm³/mol. The van der Waals surface area contributed by atoms with Crippen LogP contribution < -0.4 is 0 Å². The van der Waals surface area contributed by atoms with Crippen molar-refractivity contribution in [1.29, 1.82) is 0 Å². The van der Waals surface area contributed by atoms with Gasteiger partial charge < -0.3 is 10.2 Å². The smallest absolute Gasteiger partial charge is 0.270 e. The van der Waals surface area contributed by atoms with E-state index < -0.39 is 14.9 Å². The molecule has 0 aliphatic carbocycles. The molecule has 1 unspecified atom stereocenters. The SMILES string of the molecule is [CH2]C(CCO)(CCCO)S(=O)(=O)O. The van der Waals surface area contributed by atoms with Crippen molar-refractivity contribution < 1.29 is 23.2 Å². The second-order valence-electron chi connectivity index (χ2n) is 2.96. The summed E-state index contributed by atoms with van der Waals surface area (Å²) in [5, 5.41) is 17.1. The van der Waals surface area contributed by atoms with Crippen molar-refractivity contribution in [3.05, 3.63) is 6.92 Å². The lowest BCUT2D eigenvalue weighted by Crippen LogP contribution is -2.36. The highest BCUT2D eigenvalue weighted by Crippen LogP contribution is 2.25. The highest BCUT2D eigenvalue weighted by Gasteiger charge is 2.36. The Morgan fingerprint density at radius 2 is 1.69 bits per heavy atom. The van der Waals surface area contributed by atoms with Gasteiger partial charge in [0, 0.05) is 13.2 Å². The Morgan fingerprint density at radius 3 is 2.00 bits per heavy atom. The summed E-state index contributed by atoms with van der Waals surface area (Å²) in [6, 6.07) is 0. The number of rotatable bonds is 6. The lowest BCUT2D eigenvalue weighted by molar-refractivity contribution is 0.247. The number of hydrogen-bond acceptors (Lipinski definition) is 4. The molecule has 0 aromatic carbocycles. The fraction of sp³-hybridized carbons (Fsp3) is 0.857. The van der Waals surface area contributed by atoms with Gasteiger partial charge in [-0.05, 0) is 26.2 Å². The molecule has 79 valence electrons. The van der Waals surface area contributed by atoms with Gasteiger partial charge in [-0.3, -0.25) is 4.55 Å². The van der Waals surface area contributed by atoms with E-state index in [1.807, 2.05) is 0 Å². The summed E-state index contributed by atoms with van der Waals surface area (Å²) < 4.78 is 28.9. The highest BCUT2D eigenvalue weighted by atomic mass is 32.2. The first-order valence-electron chi connectivity index (χ1n) is 3.91. The molecule has 1 radical (unpaired) electrons. The van der Waals surface area contributed by atoms with Crippen LogP contribution in [0.2, 0.25) is 0 Å². The molecule has 0 fully saturated rings. The van der Waals surface area contributed by atoms with Crippen LogP contribution in [0.15, 0.2) is 0 Å². The van der Waals surface area contributed by atoms with Gasteiger partial charge in [0.15, 0.2) is 0 Å². The zero-order valence-electron chi connectivity index (χ0n) is 7.31. The molecule has 0 aliphatic rings. The number of aliphatic hydroxyl groups excluding tert-OH is 2. The highest BCUT2D eigenvalue weighted by molar-refractivity contribution is 7.87. The zero-order valence-corrected chi connectivity index (χ0v) is 8.13. The molecule has 0 spiro atoms. The van der Waals surface area contributed by atoms with Crippen LogP contribution in [0.25, 0.3) is 0 Å². The summed E-state index contributed by atoms with van der Waals surface area (Å²) in [6.07, 6.45) is 0.123. The Labute approximate surface area is 78.1 Å². The molecule has 0 saturated heterocycles. The first-order chi connectivity index (χ1) is 5.87. The third-order valence-corrected chi connectivity index (χ3v) is 3.41. The minimum absolute atomic E-state index is 0.0306. The standard InChI is InChI=1S/C7H15O5S/c1-7(4-6-9,3-2-5-8)13(10,11)12/h8-9H,1-6H2,(H,10,11,12). The Morgan fingerprint density at radius 1 is 1.15 bits per heavy atom. The summed E-state index contributed by atoms with van der Waals surface area (Å²) in [5.74, 6) is 0. The van der Waals surface area contributed by atoms with Crippen LogP contribution in [-0.2, 0) is 10.1 Å². The van der Waals surface area contributed by atoms with E-state index in [0.717, 1.165) is 0 Å². The van der Waals surface area contributed by atoms with Gasteiger partial charge in [-0.15, -0.1) is 0 Å². The van der Waals surface area contributed by atoms with Crippen molar-refractivity contribution in [1.82, 2.24) is 0 Å². The van der Waals surface area contributed by atoms with E-state index in [-0.39, 0.29) is 32.5 Å². The molecule has 6 heteroatoms. The normalized spacial score (nSPS) is 16.9. The van der Waals surface area contributed by atoms with Gasteiger partial charge in [0.05, 0.1) is 4.75 Å². The fourth-order valence-corrected chi connectivity index (χ4v) is 1.74. The zero-order chi connectivity index (χ0) is 10.5. The van der Waals surface area contributed by atoms with Crippen molar-refractivity contribution in [2.45, 2.75) is 24.0 Å². The van der Waals surface area contributed by atoms with Gasteiger partial charge in [0.25, 0.3) is 10.1 Å². The van der Waals surface area contributed by atoms with Crippen LogP contribution in [0.4, 0.5) is 0 Å². The summed E-state index contributed by atoms with van der Waals surface area (Å²) >= 11 is 0. The second kappa shape index (κ2) is 4.90. The van der Waals surface area contributed by atoms with Crippen LogP contribution >= 0.6 is 0 Å². The molecule has 1 atom stereocenters. The van der Waals surface area contributed by atoms with Gasteiger partial charge in [-0.25, -0.2) is 0 Å².